The molecule has 0 aliphatic heterocycles. The molecule has 0 bridgehead atoms. The summed E-state index contributed by atoms with van der Waals surface area (Å²) in [6, 6.07) is 8.67. The van der Waals surface area contributed by atoms with Crippen LogP contribution >= 0.6 is 11.3 Å². The lowest BCUT2D eigenvalue weighted by Crippen LogP contribution is -2.29. The van der Waals surface area contributed by atoms with Crippen molar-refractivity contribution in [2.75, 3.05) is 7.05 Å². The molecule has 0 aliphatic carbocycles. The predicted octanol–water partition coefficient (Wildman–Crippen LogP) is 4.34. The zero-order valence-corrected chi connectivity index (χ0v) is 12.9. The fourth-order valence-corrected chi connectivity index (χ4v) is 3.00. The van der Waals surface area contributed by atoms with Crippen LogP contribution in [0, 0.1) is 19.7 Å². The lowest BCUT2D eigenvalue weighted by molar-refractivity contribution is 0.0740. The summed E-state index contributed by atoms with van der Waals surface area (Å²) in [5.74, 6) is -0.752. The third kappa shape index (κ3) is 2.90. The van der Waals surface area contributed by atoms with Crippen LogP contribution in [0.3, 0.4) is 0 Å². The van der Waals surface area contributed by atoms with E-state index in [1.165, 1.54) is 10.9 Å². The molecule has 2 aromatic rings. The number of rotatable bonds is 3. The average molecular weight is 291 g/mol. The lowest BCUT2D eigenvalue weighted by atomic mass is 10.1. The summed E-state index contributed by atoms with van der Waals surface area (Å²) in [6.07, 6.45) is 0. The van der Waals surface area contributed by atoms with Gasteiger partial charge in [-0.15, -0.1) is 11.3 Å². The minimum atomic E-state index is -0.462. The summed E-state index contributed by atoms with van der Waals surface area (Å²) < 4.78 is 13.9. The van der Waals surface area contributed by atoms with Crippen LogP contribution in [0.15, 0.2) is 30.3 Å². The number of halogens is 1. The second-order valence-electron chi connectivity index (χ2n) is 5.02. The molecule has 1 aromatic carbocycles. The van der Waals surface area contributed by atoms with Crippen LogP contribution in [0.2, 0.25) is 0 Å². The Bertz CT molecular complexity index is 635. The Kier molecular flexibility index (Phi) is 4.23. The maximum Gasteiger partial charge on any atom is 0.257 e. The Morgan fingerprint density at radius 2 is 1.95 bits per heavy atom. The third-order valence-electron chi connectivity index (χ3n) is 3.43. The van der Waals surface area contributed by atoms with Gasteiger partial charge in [0.1, 0.15) is 5.82 Å². The maximum absolute atomic E-state index is 13.9. The first-order valence-corrected chi connectivity index (χ1v) is 7.31. The van der Waals surface area contributed by atoms with Gasteiger partial charge in [0.15, 0.2) is 0 Å². The van der Waals surface area contributed by atoms with E-state index in [-0.39, 0.29) is 17.5 Å². The Labute approximate surface area is 122 Å². The van der Waals surface area contributed by atoms with E-state index in [9.17, 15) is 9.18 Å². The number of carbonyl (C=O) groups excluding carboxylic acids is 1. The molecule has 2 rings (SSSR count). The molecule has 20 heavy (non-hydrogen) atoms. The summed E-state index contributed by atoms with van der Waals surface area (Å²) in [5.41, 5.74) is 0.932. The Morgan fingerprint density at radius 3 is 2.50 bits per heavy atom. The molecule has 2 nitrogen and oxygen atoms in total. The minimum absolute atomic E-state index is 0.0677. The predicted molar refractivity (Wildman–Crippen MR) is 80.7 cm³/mol. The number of benzene rings is 1. The minimum Gasteiger partial charge on any atom is -0.334 e. The van der Waals surface area contributed by atoms with Crippen molar-refractivity contribution < 1.29 is 9.18 Å². The van der Waals surface area contributed by atoms with Gasteiger partial charge in [0.25, 0.3) is 5.91 Å². The van der Waals surface area contributed by atoms with Crippen LogP contribution in [0.1, 0.15) is 38.6 Å². The molecular formula is C16H18FNOS. The smallest absolute Gasteiger partial charge is 0.257 e. The summed E-state index contributed by atoms with van der Waals surface area (Å²) in [5, 5.41) is 0. The third-order valence-corrected chi connectivity index (χ3v) is 4.60. The molecule has 0 saturated heterocycles. The van der Waals surface area contributed by atoms with Crippen LogP contribution in [0.5, 0.6) is 0 Å². The Balaban J connectivity index is 2.24. The standard InChI is InChI=1S/C16H18FNOS/c1-10-5-7-13(14(17)9-10)16(19)18(4)12(3)15-8-6-11(2)20-15/h5-9,12H,1-4H3. The van der Waals surface area contributed by atoms with Gasteiger partial charge in [-0.05, 0) is 50.6 Å². The average Bonchev–Trinajstić information content (AvgIpc) is 2.83. The zero-order valence-electron chi connectivity index (χ0n) is 12.1. The van der Waals surface area contributed by atoms with Gasteiger partial charge >= 0.3 is 0 Å². The first kappa shape index (κ1) is 14.7. The monoisotopic (exact) mass is 291 g/mol. The van der Waals surface area contributed by atoms with Gasteiger partial charge in [0.05, 0.1) is 11.6 Å². The highest BCUT2D eigenvalue weighted by molar-refractivity contribution is 7.12. The molecule has 0 N–H and O–H groups in total. The fraction of sp³-hybridized carbons (Fsp3) is 0.312. The lowest BCUT2D eigenvalue weighted by Gasteiger charge is -2.24. The summed E-state index contributed by atoms with van der Waals surface area (Å²) in [6.45, 7) is 5.79. The van der Waals surface area contributed by atoms with Crippen LogP contribution in [0.4, 0.5) is 4.39 Å². The first-order chi connectivity index (χ1) is 9.40. The van der Waals surface area contributed by atoms with E-state index in [0.717, 1.165) is 10.4 Å². The molecule has 0 fully saturated rings. The number of hydrogen-bond acceptors (Lipinski definition) is 2. The number of hydrogen-bond donors (Lipinski definition) is 0. The molecule has 4 heteroatoms. The number of amides is 1. The van der Waals surface area contributed by atoms with E-state index >= 15 is 0 Å². The van der Waals surface area contributed by atoms with Crippen molar-refractivity contribution in [1.29, 1.82) is 0 Å². The molecule has 1 atom stereocenters. The highest BCUT2D eigenvalue weighted by atomic mass is 32.1. The fourth-order valence-electron chi connectivity index (χ4n) is 2.03. The van der Waals surface area contributed by atoms with Gasteiger partial charge in [-0.2, -0.15) is 0 Å². The van der Waals surface area contributed by atoms with E-state index in [0.29, 0.717) is 0 Å². The van der Waals surface area contributed by atoms with Crippen molar-refractivity contribution in [2.24, 2.45) is 0 Å². The van der Waals surface area contributed by atoms with E-state index in [1.807, 2.05) is 26.0 Å². The van der Waals surface area contributed by atoms with Gasteiger partial charge in [0.2, 0.25) is 0 Å². The molecule has 0 aliphatic rings. The van der Waals surface area contributed by atoms with Gasteiger partial charge in [-0.1, -0.05) is 6.07 Å². The quantitative estimate of drug-likeness (QED) is 0.824. The number of aryl methyl sites for hydroxylation is 2. The largest absolute Gasteiger partial charge is 0.334 e. The molecule has 0 saturated carbocycles. The maximum atomic E-state index is 13.9. The Morgan fingerprint density at radius 1 is 1.25 bits per heavy atom. The highest BCUT2D eigenvalue weighted by Crippen LogP contribution is 2.27. The number of nitrogens with zero attached hydrogens (tertiary/aromatic N) is 1. The van der Waals surface area contributed by atoms with Gasteiger partial charge in [0, 0.05) is 16.8 Å². The number of carbonyl (C=O) groups is 1. The van der Waals surface area contributed by atoms with Crippen molar-refractivity contribution in [3.05, 3.63) is 57.0 Å². The van der Waals surface area contributed by atoms with E-state index < -0.39 is 5.82 Å². The second kappa shape index (κ2) is 5.75. The van der Waals surface area contributed by atoms with Gasteiger partial charge in [-0.3, -0.25) is 4.79 Å². The van der Waals surface area contributed by atoms with Crippen LogP contribution in [0.25, 0.3) is 0 Å². The number of thiophene rings is 1. The summed E-state index contributed by atoms with van der Waals surface area (Å²) in [4.78, 5) is 16.3. The molecular weight excluding hydrogens is 273 g/mol. The van der Waals surface area contributed by atoms with Crippen molar-refractivity contribution in [2.45, 2.75) is 26.8 Å². The first-order valence-electron chi connectivity index (χ1n) is 6.50. The second-order valence-corrected chi connectivity index (χ2v) is 6.34. The molecule has 1 amide bonds. The van der Waals surface area contributed by atoms with E-state index in [4.69, 9.17) is 0 Å². The summed E-state index contributed by atoms with van der Waals surface area (Å²) in [7, 11) is 1.71. The van der Waals surface area contributed by atoms with Crippen molar-refractivity contribution in [3.8, 4) is 0 Å². The van der Waals surface area contributed by atoms with E-state index in [1.54, 1.807) is 42.3 Å². The zero-order chi connectivity index (χ0) is 14.9. The van der Waals surface area contributed by atoms with Crippen molar-refractivity contribution >= 4 is 17.2 Å². The molecule has 106 valence electrons. The van der Waals surface area contributed by atoms with Crippen LogP contribution in [-0.2, 0) is 0 Å². The molecule has 1 unspecified atom stereocenters. The molecule has 0 spiro atoms. The van der Waals surface area contributed by atoms with Crippen LogP contribution < -0.4 is 0 Å². The summed E-state index contributed by atoms with van der Waals surface area (Å²) >= 11 is 1.66. The van der Waals surface area contributed by atoms with Crippen molar-refractivity contribution in [3.63, 3.8) is 0 Å². The van der Waals surface area contributed by atoms with Crippen LogP contribution in [-0.4, -0.2) is 17.9 Å². The van der Waals surface area contributed by atoms with Gasteiger partial charge < -0.3 is 4.90 Å². The van der Waals surface area contributed by atoms with E-state index in [2.05, 4.69) is 0 Å². The topological polar surface area (TPSA) is 20.3 Å². The SMILES string of the molecule is Cc1ccc(C(=O)N(C)C(C)c2ccc(C)s2)c(F)c1. The Hall–Kier alpha value is -1.68. The van der Waals surface area contributed by atoms with Gasteiger partial charge in [-0.25, -0.2) is 4.39 Å². The normalized spacial score (nSPS) is 12.2. The molecule has 1 heterocycles. The van der Waals surface area contributed by atoms with Crippen molar-refractivity contribution in [1.82, 2.24) is 4.90 Å². The highest BCUT2D eigenvalue weighted by Gasteiger charge is 2.22. The molecule has 0 radical (unpaired) electrons. The molecule has 1 aromatic heterocycles.